The molecule has 3 aromatic rings. The molecule has 1 aliphatic rings. The van der Waals surface area contributed by atoms with E-state index < -0.39 is 11.7 Å². The van der Waals surface area contributed by atoms with E-state index in [0.29, 0.717) is 34.6 Å². The number of benzene rings is 2. The van der Waals surface area contributed by atoms with Gasteiger partial charge in [0, 0.05) is 30.5 Å². The summed E-state index contributed by atoms with van der Waals surface area (Å²) in [5, 5.41) is 6.53. The quantitative estimate of drug-likeness (QED) is 0.323. The lowest BCUT2D eigenvalue weighted by Crippen LogP contribution is -2.33. The first-order chi connectivity index (χ1) is 16.7. The van der Waals surface area contributed by atoms with Crippen molar-refractivity contribution < 1.29 is 17.6 Å². The Hall–Kier alpha value is -3.13. The number of aromatic nitrogens is 1. The Labute approximate surface area is 203 Å². The largest absolute Gasteiger partial charge is 0.416 e. The minimum atomic E-state index is -4.51. The van der Waals surface area contributed by atoms with Gasteiger partial charge in [-0.2, -0.15) is 13.2 Å². The summed E-state index contributed by atoms with van der Waals surface area (Å²) in [6.07, 6.45) is 1.37. The molecule has 1 heterocycles. The number of alkyl halides is 3. The van der Waals surface area contributed by atoms with Gasteiger partial charge in [-0.25, -0.2) is 9.37 Å². The number of halogens is 4. The van der Waals surface area contributed by atoms with Gasteiger partial charge in [-0.05, 0) is 90.8 Å². The molecule has 1 aromatic heterocycles. The standard InChI is InChI=1S/C27H30F4N4/c1-2-23-24(18-10-11-33-26(13-18)35-22-8-6-21(32)7-9-22)14-19(27(29,30)31)15-25(23)34-16-17-4-3-5-20(28)12-17/h3-5,10-15,21-22,34H,2,6-9,16,32H2,1H3,(H,33,35). The highest BCUT2D eigenvalue weighted by molar-refractivity contribution is 5.77. The SMILES string of the molecule is CCc1c(NCc2cccc(F)c2)cc(C(F)(F)F)cc1-c1ccnc(NC2CCC(N)CC2)c1. The number of nitrogens with two attached hydrogens (primary N) is 1. The molecule has 1 fully saturated rings. The molecule has 0 aliphatic heterocycles. The van der Waals surface area contributed by atoms with Crippen molar-refractivity contribution in [2.75, 3.05) is 10.6 Å². The highest BCUT2D eigenvalue weighted by Gasteiger charge is 2.32. The first-order valence-corrected chi connectivity index (χ1v) is 11.9. The van der Waals surface area contributed by atoms with E-state index in [2.05, 4.69) is 15.6 Å². The zero-order valence-corrected chi connectivity index (χ0v) is 19.6. The van der Waals surface area contributed by atoms with Crippen molar-refractivity contribution in [2.45, 2.75) is 63.8 Å². The fourth-order valence-electron chi connectivity index (χ4n) is 4.63. The second-order valence-corrected chi connectivity index (χ2v) is 9.07. The van der Waals surface area contributed by atoms with Crippen LogP contribution in [-0.4, -0.2) is 17.1 Å². The van der Waals surface area contributed by atoms with Crippen LogP contribution in [0.15, 0.2) is 54.7 Å². The van der Waals surface area contributed by atoms with Crippen molar-refractivity contribution >= 4 is 11.5 Å². The van der Waals surface area contributed by atoms with Gasteiger partial charge in [-0.3, -0.25) is 0 Å². The van der Waals surface area contributed by atoms with E-state index in [9.17, 15) is 17.6 Å². The summed E-state index contributed by atoms with van der Waals surface area (Å²) in [7, 11) is 0. The summed E-state index contributed by atoms with van der Waals surface area (Å²) >= 11 is 0. The maximum absolute atomic E-state index is 13.8. The van der Waals surface area contributed by atoms with Crippen LogP contribution < -0.4 is 16.4 Å². The van der Waals surface area contributed by atoms with Crippen LogP contribution in [-0.2, 0) is 19.1 Å². The van der Waals surface area contributed by atoms with Gasteiger partial charge in [-0.1, -0.05) is 19.1 Å². The smallest absolute Gasteiger partial charge is 0.381 e. The molecule has 4 rings (SSSR count). The third-order valence-electron chi connectivity index (χ3n) is 6.50. The molecule has 4 N–H and O–H groups in total. The van der Waals surface area contributed by atoms with E-state index in [1.54, 1.807) is 30.5 Å². The van der Waals surface area contributed by atoms with E-state index in [4.69, 9.17) is 5.73 Å². The van der Waals surface area contributed by atoms with Crippen LogP contribution >= 0.6 is 0 Å². The van der Waals surface area contributed by atoms with Crippen LogP contribution in [0.4, 0.5) is 29.1 Å². The van der Waals surface area contributed by atoms with Crippen molar-refractivity contribution in [3.8, 4) is 11.1 Å². The molecule has 0 radical (unpaired) electrons. The summed E-state index contributed by atoms with van der Waals surface area (Å²) < 4.78 is 55.0. The molecule has 0 unspecified atom stereocenters. The van der Waals surface area contributed by atoms with Crippen LogP contribution in [0.1, 0.15) is 49.3 Å². The van der Waals surface area contributed by atoms with Crippen LogP contribution in [0.2, 0.25) is 0 Å². The van der Waals surface area contributed by atoms with Gasteiger partial charge in [0.05, 0.1) is 5.56 Å². The Morgan fingerprint density at radius 1 is 1.03 bits per heavy atom. The van der Waals surface area contributed by atoms with Gasteiger partial charge in [-0.15, -0.1) is 0 Å². The Morgan fingerprint density at radius 3 is 2.49 bits per heavy atom. The molecule has 0 spiro atoms. The summed E-state index contributed by atoms with van der Waals surface area (Å²) in [6.45, 7) is 2.11. The molecular formula is C27H30F4N4. The molecule has 35 heavy (non-hydrogen) atoms. The van der Waals surface area contributed by atoms with Gasteiger partial charge in [0.2, 0.25) is 0 Å². The molecule has 0 saturated heterocycles. The van der Waals surface area contributed by atoms with E-state index in [-0.39, 0.29) is 24.4 Å². The summed E-state index contributed by atoms with van der Waals surface area (Å²) in [6, 6.07) is 12.3. The predicted molar refractivity (Wildman–Crippen MR) is 132 cm³/mol. The molecule has 0 amide bonds. The lowest BCUT2D eigenvalue weighted by Gasteiger charge is -2.27. The topological polar surface area (TPSA) is 63.0 Å². The van der Waals surface area contributed by atoms with Crippen molar-refractivity contribution in [1.82, 2.24) is 4.98 Å². The lowest BCUT2D eigenvalue weighted by molar-refractivity contribution is -0.137. The summed E-state index contributed by atoms with van der Waals surface area (Å²) in [5.74, 6) is 0.248. The highest BCUT2D eigenvalue weighted by Crippen LogP contribution is 2.39. The Morgan fingerprint density at radius 2 is 1.80 bits per heavy atom. The monoisotopic (exact) mass is 486 g/mol. The van der Waals surface area contributed by atoms with Gasteiger partial charge in [0.15, 0.2) is 0 Å². The van der Waals surface area contributed by atoms with Gasteiger partial charge in [0.25, 0.3) is 0 Å². The normalized spacial score (nSPS) is 18.3. The molecule has 186 valence electrons. The minimum Gasteiger partial charge on any atom is -0.381 e. The van der Waals surface area contributed by atoms with Crippen molar-refractivity contribution in [3.63, 3.8) is 0 Å². The Kier molecular flexibility index (Phi) is 7.60. The van der Waals surface area contributed by atoms with Gasteiger partial charge >= 0.3 is 6.18 Å². The number of pyridine rings is 1. The van der Waals surface area contributed by atoms with Gasteiger partial charge < -0.3 is 16.4 Å². The summed E-state index contributed by atoms with van der Waals surface area (Å²) in [5.41, 5.74) is 8.21. The van der Waals surface area contributed by atoms with E-state index in [1.165, 1.54) is 18.2 Å². The highest BCUT2D eigenvalue weighted by atomic mass is 19.4. The second kappa shape index (κ2) is 10.6. The molecule has 2 aromatic carbocycles. The lowest BCUT2D eigenvalue weighted by atomic mass is 9.91. The summed E-state index contributed by atoms with van der Waals surface area (Å²) in [4.78, 5) is 4.40. The van der Waals surface area contributed by atoms with Crippen molar-refractivity contribution in [3.05, 3.63) is 77.2 Å². The molecule has 0 bridgehead atoms. The fraction of sp³-hybridized carbons (Fsp3) is 0.370. The Balaban J connectivity index is 1.67. The first kappa shape index (κ1) is 25.0. The number of nitrogens with zero attached hydrogens (tertiary/aromatic N) is 1. The van der Waals surface area contributed by atoms with Crippen LogP contribution in [0.3, 0.4) is 0 Å². The van der Waals surface area contributed by atoms with Crippen LogP contribution in [0.5, 0.6) is 0 Å². The zero-order chi connectivity index (χ0) is 25.0. The van der Waals surface area contributed by atoms with Crippen molar-refractivity contribution in [1.29, 1.82) is 0 Å². The molecule has 4 nitrogen and oxygen atoms in total. The molecule has 1 aliphatic carbocycles. The predicted octanol–water partition coefficient (Wildman–Crippen LogP) is 6.76. The maximum atomic E-state index is 13.8. The third kappa shape index (κ3) is 6.31. The molecule has 0 atom stereocenters. The Bertz CT molecular complexity index is 1150. The second-order valence-electron chi connectivity index (χ2n) is 9.07. The average Bonchev–Trinajstić information content (AvgIpc) is 2.83. The minimum absolute atomic E-state index is 0.207. The zero-order valence-electron chi connectivity index (χ0n) is 19.6. The molecule has 1 saturated carbocycles. The average molecular weight is 487 g/mol. The van der Waals surface area contributed by atoms with E-state index >= 15 is 0 Å². The van der Waals surface area contributed by atoms with Gasteiger partial charge in [0.1, 0.15) is 11.6 Å². The number of anilines is 2. The van der Waals surface area contributed by atoms with Crippen LogP contribution in [0.25, 0.3) is 11.1 Å². The molecular weight excluding hydrogens is 456 g/mol. The maximum Gasteiger partial charge on any atom is 0.416 e. The van der Waals surface area contributed by atoms with E-state index in [1.807, 2.05) is 6.92 Å². The number of hydrogen-bond acceptors (Lipinski definition) is 4. The van der Waals surface area contributed by atoms with E-state index in [0.717, 1.165) is 37.3 Å². The van der Waals surface area contributed by atoms with Crippen LogP contribution in [0, 0.1) is 5.82 Å². The van der Waals surface area contributed by atoms with Crippen molar-refractivity contribution in [2.24, 2.45) is 5.73 Å². The third-order valence-corrected chi connectivity index (χ3v) is 6.50. The number of nitrogens with one attached hydrogen (secondary N) is 2. The molecule has 8 heteroatoms. The fourth-order valence-corrected chi connectivity index (χ4v) is 4.63. The first-order valence-electron chi connectivity index (χ1n) is 11.9. The number of hydrogen-bond donors (Lipinski definition) is 3. The number of rotatable bonds is 7.